The molecule has 0 aromatic carbocycles. The van der Waals surface area contributed by atoms with E-state index >= 15 is 0 Å². The highest BCUT2D eigenvalue weighted by Gasteiger charge is 2.07. The van der Waals surface area contributed by atoms with E-state index in [1.807, 2.05) is 25.3 Å². The molecule has 0 aliphatic heterocycles. The van der Waals surface area contributed by atoms with Gasteiger partial charge in [-0.3, -0.25) is 16.3 Å². The van der Waals surface area contributed by atoms with Crippen LogP contribution in [0.3, 0.4) is 0 Å². The number of rotatable bonds is 5. The zero-order chi connectivity index (χ0) is 10.4. The highest BCUT2D eigenvalue weighted by molar-refractivity contribution is 5.17. The van der Waals surface area contributed by atoms with Gasteiger partial charge in [-0.15, -0.1) is 6.58 Å². The number of allylic oxidation sites excluding steroid dienone is 1. The zero-order valence-electron chi connectivity index (χ0n) is 8.53. The first-order valence-electron chi connectivity index (χ1n) is 4.77. The van der Waals surface area contributed by atoms with Crippen molar-refractivity contribution in [2.45, 2.75) is 25.8 Å². The van der Waals surface area contributed by atoms with Crippen molar-refractivity contribution < 1.29 is 0 Å². The average Bonchev–Trinajstić information content (AvgIpc) is 2.21. The normalized spacial score (nSPS) is 12.4. The second kappa shape index (κ2) is 5.52. The summed E-state index contributed by atoms with van der Waals surface area (Å²) in [5.41, 5.74) is 4.93. The molecule has 3 nitrogen and oxygen atoms in total. The first-order valence-corrected chi connectivity index (χ1v) is 4.77. The smallest absolute Gasteiger partial charge is 0.0478 e. The maximum absolute atomic E-state index is 5.47. The molecule has 0 bridgehead atoms. The van der Waals surface area contributed by atoms with Gasteiger partial charge in [0, 0.05) is 17.9 Å². The monoisotopic (exact) mass is 191 g/mol. The van der Waals surface area contributed by atoms with Gasteiger partial charge < -0.3 is 0 Å². The molecule has 0 saturated heterocycles. The van der Waals surface area contributed by atoms with Crippen molar-refractivity contribution in [1.29, 1.82) is 0 Å². The zero-order valence-corrected chi connectivity index (χ0v) is 8.53. The standard InChI is InChI=1S/C11H17N3/c1-3-4-5-11(14-12)10-7-6-9(2)13-8-10/h3,6-8,11,14H,1,4-5,12H2,2H3. The lowest BCUT2D eigenvalue weighted by atomic mass is 10.0. The van der Waals surface area contributed by atoms with Gasteiger partial charge in [0.1, 0.15) is 0 Å². The van der Waals surface area contributed by atoms with Gasteiger partial charge in [0.2, 0.25) is 0 Å². The van der Waals surface area contributed by atoms with Crippen molar-refractivity contribution >= 4 is 0 Å². The van der Waals surface area contributed by atoms with E-state index in [1.54, 1.807) is 0 Å². The highest BCUT2D eigenvalue weighted by atomic mass is 15.2. The lowest BCUT2D eigenvalue weighted by Gasteiger charge is -2.14. The van der Waals surface area contributed by atoms with Gasteiger partial charge in [0.05, 0.1) is 0 Å². The van der Waals surface area contributed by atoms with Gasteiger partial charge in [-0.2, -0.15) is 0 Å². The Hall–Kier alpha value is -1.19. The molecule has 1 rings (SSSR count). The lowest BCUT2D eigenvalue weighted by molar-refractivity contribution is 0.519. The van der Waals surface area contributed by atoms with Crippen LogP contribution in [0.1, 0.15) is 30.1 Å². The van der Waals surface area contributed by atoms with Gasteiger partial charge in [-0.05, 0) is 31.4 Å². The summed E-state index contributed by atoms with van der Waals surface area (Å²) < 4.78 is 0. The number of nitrogens with zero attached hydrogens (tertiary/aromatic N) is 1. The van der Waals surface area contributed by atoms with Crippen molar-refractivity contribution in [3.05, 3.63) is 42.2 Å². The first kappa shape index (κ1) is 10.9. The quantitative estimate of drug-likeness (QED) is 0.424. The van der Waals surface area contributed by atoms with E-state index < -0.39 is 0 Å². The van der Waals surface area contributed by atoms with E-state index in [1.165, 1.54) is 0 Å². The molecule has 76 valence electrons. The SMILES string of the molecule is C=CCCC(NN)c1ccc(C)nc1. The summed E-state index contributed by atoms with van der Waals surface area (Å²) in [4.78, 5) is 4.23. The van der Waals surface area contributed by atoms with E-state index in [-0.39, 0.29) is 6.04 Å². The third-order valence-electron chi connectivity index (χ3n) is 2.20. The van der Waals surface area contributed by atoms with Crippen molar-refractivity contribution in [3.8, 4) is 0 Å². The minimum absolute atomic E-state index is 0.168. The molecular weight excluding hydrogens is 174 g/mol. The minimum Gasteiger partial charge on any atom is -0.271 e. The Morgan fingerprint density at radius 2 is 2.43 bits per heavy atom. The Morgan fingerprint density at radius 1 is 1.64 bits per heavy atom. The molecule has 0 radical (unpaired) electrons. The Kier molecular flexibility index (Phi) is 4.29. The summed E-state index contributed by atoms with van der Waals surface area (Å²) in [6.07, 6.45) is 5.66. The van der Waals surface area contributed by atoms with E-state index in [4.69, 9.17) is 5.84 Å². The van der Waals surface area contributed by atoms with Crippen LogP contribution in [-0.2, 0) is 0 Å². The van der Waals surface area contributed by atoms with Crippen LogP contribution in [-0.4, -0.2) is 4.98 Å². The van der Waals surface area contributed by atoms with Crippen LogP contribution in [0.2, 0.25) is 0 Å². The van der Waals surface area contributed by atoms with E-state index in [0.717, 1.165) is 24.1 Å². The maximum Gasteiger partial charge on any atom is 0.0478 e. The van der Waals surface area contributed by atoms with Gasteiger partial charge in [0.25, 0.3) is 0 Å². The van der Waals surface area contributed by atoms with Crippen molar-refractivity contribution in [2.24, 2.45) is 5.84 Å². The molecule has 0 fully saturated rings. The molecule has 1 aromatic rings. The Bertz CT molecular complexity index is 279. The maximum atomic E-state index is 5.47. The molecule has 14 heavy (non-hydrogen) atoms. The molecule has 0 aliphatic carbocycles. The second-order valence-corrected chi connectivity index (χ2v) is 3.32. The number of nitrogens with two attached hydrogens (primary N) is 1. The van der Waals surface area contributed by atoms with Gasteiger partial charge >= 0.3 is 0 Å². The van der Waals surface area contributed by atoms with Crippen LogP contribution in [0.4, 0.5) is 0 Å². The summed E-state index contributed by atoms with van der Waals surface area (Å²) in [7, 11) is 0. The van der Waals surface area contributed by atoms with Crippen molar-refractivity contribution in [3.63, 3.8) is 0 Å². The topological polar surface area (TPSA) is 50.9 Å². The lowest BCUT2D eigenvalue weighted by Crippen LogP contribution is -2.27. The molecule has 0 amide bonds. The average molecular weight is 191 g/mol. The van der Waals surface area contributed by atoms with Gasteiger partial charge in [-0.1, -0.05) is 12.1 Å². The number of nitrogens with one attached hydrogen (secondary N) is 1. The number of pyridine rings is 1. The summed E-state index contributed by atoms with van der Waals surface area (Å²) in [6.45, 7) is 5.66. The minimum atomic E-state index is 0.168. The van der Waals surface area contributed by atoms with Crippen LogP contribution in [0, 0.1) is 6.92 Å². The van der Waals surface area contributed by atoms with Gasteiger partial charge in [-0.25, -0.2) is 0 Å². The molecule has 1 aromatic heterocycles. The number of aryl methyl sites for hydroxylation is 1. The first-order chi connectivity index (χ1) is 6.77. The van der Waals surface area contributed by atoms with Crippen LogP contribution in [0.25, 0.3) is 0 Å². The molecular formula is C11H17N3. The largest absolute Gasteiger partial charge is 0.271 e. The van der Waals surface area contributed by atoms with Gasteiger partial charge in [0.15, 0.2) is 0 Å². The fraction of sp³-hybridized carbons (Fsp3) is 0.364. The summed E-state index contributed by atoms with van der Waals surface area (Å²) >= 11 is 0. The summed E-state index contributed by atoms with van der Waals surface area (Å²) in [5.74, 6) is 5.47. The van der Waals surface area contributed by atoms with E-state index in [2.05, 4.69) is 23.1 Å². The number of hydrogen-bond acceptors (Lipinski definition) is 3. The second-order valence-electron chi connectivity index (χ2n) is 3.32. The van der Waals surface area contributed by atoms with Crippen LogP contribution < -0.4 is 11.3 Å². The molecule has 0 aliphatic rings. The third-order valence-corrected chi connectivity index (χ3v) is 2.20. The molecule has 1 unspecified atom stereocenters. The van der Waals surface area contributed by atoms with Crippen LogP contribution in [0.15, 0.2) is 31.0 Å². The molecule has 0 spiro atoms. The molecule has 1 heterocycles. The molecule has 3 N–H and O–H groups in total. The number of hydrazine groups is 1. The van der Waals surface area contributed by atoms with Crippen LogP contribution >= 0.6 is 0 Å². The summed E-state index contributed by atoms with van der Waals surface area (Å²) in [5, 5.41) is 0. The van der Waals surface area contributed by atoms with Crippen LogP contribution in [0.5, 0.6) is 0 Å². The Labute approximate surface area is 85.0 Å². The van der Waals surface area contributed by atoms with Crippen molar-refractivity contribution in [2.75, 3.05) is 0 Å². The van der Waals surface area contributed by atoms with E-state index in [9.17, 15) is 0 Å². The predicted molar refractivity (Wildman–Crippen MR) is 58.5 cm³/mol. The molecule has 0 saturated carbocycles. The summed E-state index contributed by atoms with van der Waals surface area (Å²) in [6, 6.07) is 4.21. The predicted octanol–water partition coefficient (Wildman–Crippen LogP) is 1.86. The Morgan fingerprint density at radius 3 is 2.93 bits per heavy atom. The number of aromatic nitrogens is 1. The fourth-order valence-corrected chi connectivity index (χ4v) is 1.32. The third kappa shape index (κ3) is 2.94. The highest BCUT2D eigenvalue weighted by Crippen LogP contribution is 2.16. The molecule has 3 heteroatoms. The Balaban J connectivity index is 2.68. The molecule has 1 atom stereocenters. The fourth-order valence-electron chi connectivity index (χ4n) is 1.32. The number of hydrogen-bond donors (Lipinski definition) is 2. The van der Waals surface area contributed by atoms with Crippen molar-refractivity contribution in [1.82, 2.24) is 10.4 Å². The van der Waals surface area contributed by atoms with E-state index in [0.29, 0.717) is 0 Å².